The van der Waals surface area contributed by atoms with E-state index in [9.17, 15) is 18.0 Å². The van der Waals surface area contributed by atoms with Gasteiger partial charge in [0.05, 0.1) is 6.26 Å². The Morgan fingerprint density at radius 1 is 1.22 bits per heavy atom. The van der Waals surface area contributed by atoms with E-state index in [1.54, 1.807) is 24.3 Å². The van der Waals surface area contributed by atoms with Crippen LogP contribution in [0.15, 0.2) is 24.3 Å². The number of anilines is 1. The van der Waals surface area contributed by atoms with Gasteiger partial charge in [-0.25, -0.2) is 13.2 Å². The second-order valence-corrected chi connectivity index (χ2v) is 7.45. The minimum absolute atomic E-state index is 0.194. The summed E-state index contributed by atoms with van der Waals surface area (Å²) in [5, 5.41) is 2.61. The van der Waals surface area contributed by atoms with E-state index in [4.69, 9.17) is 4.74 Å². The average Bonchev–Trinajstić information content (AvgIpc) is 2.48. The number of benzene rings is 1. The maximum absolute atomic E-state index is 12.3. The molecule has 1 aliphatic rings. The predicted molar refractivity (Wildman–Crippen MR) is 85.6 cm³/mol. The van der Waals surface area contributed by atoms with Gasteiger partial charge in [-0.2, -0.15) is 4.31 Å². The van der Waals surface area contributed by atoms with Gasteiger partial charge in [0.25, 0.3) is 0 Å². The highest BCUT2D eigenvalue weighted by molar-refractivity contribution is 7.88. The SMILES string of the molecule is CC(=O)Nc1ccc(OC(=O)[C@H]2CCCCN2S(C)(=O)=O)cc1. The van der Waals surface area contributed by atoms with E-state index in [0.29, 0.717) is 24.4 Å². The minimum Gasteiger partial charge on any atom is -0.425 e. The highest BCUT2D eigenvalue weighted by Gasteiger charge is 2.35. The van der Waals surface area contributed by atoms with E-state index < -0.39 is 22.0 Å². The summed E-state index contributed by atoms with van der Waals surface area (Å²) in [5.74, 6) is -0.466. The van der Waals surface area contributed by atoms with E-state index in [-0.39, 0.29) is 5.91 Å². The summed E-state index contributed by atoms with van der Waals surface area (Å²) in [4.78, 5) is 23.2. The minimum atomic E-state index is -3.45. The molecule has 1 amide bonds. The Morgan fingerprint density at radius 2 is 1.87 bits per heavy atom. The van der Waals surface area contributed by atoms with Crippen molar-refractivity contribution in [1.82, 2.24) is 4.31 Å². The van der Waals surface area contributed by atoms with Crippen molar-refractivity contribution in [2.24, 2.45) is 0 Å². The molecular formula is C15H20N2O5S. The maximum atomic E-state index is 12.3. The normalized spacial score (nSPS) is 19.1. The molecule has 23 heavy (non-hydrogen) atoms. The van der Waals surface area contributed by atoms with Crippen LogP contribution < -0.4 is 10.1 Å². The van der Waals surface area contributed by atoms with Crippen LogP contribution in [0.2, 0.25) is 0 Å². The van der Waals surface area contributed by atoms with Gasteiger partial charge in [0, 0.05) is 19.2 Å². The second kappa shape index (κ2) is 7.10. The molecule has 0 saturated carbocycles. The van der Waals surface area contributed by atoms with Crippen LogP contribution in [-0.4, -0.2) is 43.4 Å². The monoisotopic (exact) mass is 340 g/mol. The largest absolute Gasteiger partial charge is 0.425 e. The smallest absolute Gasteiger partial charge is 0.329 e. The Bertz CT molecular complexity index is 684. The standard InChI is InChI=1S/C15H20N2O5S/c1-11(18)16-12-6-8-13(9-7-12)22-15(19)14-5-3-4-10-17(14)23(2,20)21/h6-9,14H,3-5,10H2,1-2H3,(H,16,18)/t14-/m1/s1. The van der Waals surface area contributed by atoms with Crippen LogP contribution in [0.3, 0.4) is 0 Å². The number of rotatable bonds is 4. The van der Waals surface area contributed by atoms with E-state index in [1.165, 1.54) is 11.2 Å². The van der Waals surface area contributed by atoms with Gasteiger partial charge in [-0.1, -0.05) is 0 Å². The number of sulfonamides is 1. The van der Waals surface area contributed by atoms with Crippen molar-refractivity contribution in [2.45, 2.75) is 32.2 Å². The van der Waals surface area contributed by atoms with Crippen molar-refractivity contribution < 1.29 is 22.7 Å². The summed E-state index contributed by atoms with van der Waals surface area (Å²) in [6.45, 7) is 1.73. The number of nitrogens with zero attached hydrogens (tertiary/aromatic N) is 1. The zero-order valence-corrected chi connectivity index (χ0v) is 13.9. The van der Waals surface area contributed by atoms with Crippen LogP contribution in [0.5, 0.6) is 5.75 Å². The lowest BCUT2D eigenvalue weighted by atomic mass is 10.1. The Hall–Kier alpha value is -1.93. The summed E-state index contributed by atoms with van der Waals surface area (Å²) in [6, 6.07) is 5.54. The lowest BCUT2D eigenvalue weighted by molar-refractivity contribution is -0.139. The number of hydrogen-bond donors (Lipinski definition) is 1. The molecule has 1 aromatic carbocycles. The molecule has 1 fully saturated rings. The number of nitrogens with one attached hydrogen (secondary N) is 1. The third kappa shape index (κ3) is 4.77. The quantitative estimate of drug-likeness (QED) is 0.660. The third-order valence-electron chi connectivity index (χ3n) is 3.54. The molecule has 1 aliphatic heterocycles. The van der Waals surface area contributed by atoms with Crippen LogP contribution >= 0.6 is 0 Å². The fraction of sp³-hybridized carbons (Fsp3) is 0.467. The summed E-state index contributed by atoms with van der Waals surface area (Å²) >= 11 is 0. The maximum Gasteiger partial charge on any atom is 0.329 e. The molecule has 1 N–H and O–H groups in total. The Balaban J connectivity index is 2.06. The Labute approximate surface area is 135 Å². The second-order valence-electron chi connectivity index (χ2n) is 5.51. The first-order valence-corrected chi connectivity index (χ1v) is 9.18. The van der Waals surface area contributed by atoms with Crippen molar-refractivity contribution in [3.63, 3.8) is 0 Å². The number of piperidine rings is 1. The van der Waals surface area contributed by atoms with Gasteiger partial charge in [-0.05, 0) is 43.5 Å². The molecule has 1 aromatic rings. The molecule has 0 aromatic heterocycles. The van der Waals surface area contributed by atoms with Crippen molar-refractivity contribution in [1.29, 1.82) is 0 Å². The number of ether oxygens (including phenoxy) is 1. The highest BCUT2D eigenvalue weighted by Crippen LogP contribution is 2.23. The summed E-state index contributed by atoms with van der Waals surface area (Å²) in [5.41, 5.74) is 0.590. The first kappa shape index (κ1) is 17.4. The summed E-state index contributed by atoms with van der Waals surface area (Å²) < 4.78 is 30.0. The van der Waals surface area contributed by atoms with Crippen molar-refractivity contribution >= 4 is 27.6 Å². The van der Waals surface area contributed by atoms with E-state index >= 15 is 0 Å². The molecule has 0 radical (unpaired) electrons. The van der Waals surface area contributed by atoms with Crippen LogP contribution in [0.25, 0.3) is 0 Å². The third-order valence-corrected chi connectivity index (χ3v) is 4.83. The first-order valence-electron chi connectivity index (χ1n) is 7.33. The molecule has 0 spiro atoms. The Kier molecular flexibility index (Phi) is 5.38. The molecule has 0 aliphatic carbocycles. The van der Waals surface area contributed by atoms with Gasteiger partial charge in [-0.3, -0.25) is 4.79 Å². The Morgan fingerprint density at radius 3 is 2.43 bits per heavy atom. The van der Waals surface area contributed by atoms with E-state index in [0.717, 1.165) is 19.1 Å². The van der Waals surface area contributed by atoms with Crippen LogP contribution in [-0.2, 0) is 19.6 Å². The molecule has 126 valence electrons. The van der Waals surface area contributed by atoms with Crippen LogP contribution in [0.1, 0.15) is 26.2 Å². The lowest BCUT2D eigenvalue weighted by Gasteiger charge is -2.31. The first-order chi connectivity index (χ1) is 10.8. The molecule has 1 atom stereocenters. The number of hydrogen-bond acceptors (Lipinski definition) is 5. The molecule has 1 saturated heterocycles. The van der Waals surface area contributed by atoms with E-state index in [2.05, 4.69) is 5.32 Å². The van der Waals surface area contributed by atoms with Gasteiger partial charge < -0.3 is 10.1 Å². The van der Waals surface area contributed by atoms with Crippen LogP contribution in [0.4, 0.5) is 5.69 Å². The van der Waals surface area contributed by atoms with Crippen molar-refractivity contribution in [2.75, 3.05) is 18.1 Å². The fourth-order valence-electron chi connectivity index (χ4n) is 2.53. The number of esters is 1. The fourth-order valence-corrected chi connectivity index (χ4v) is 3.65. The van der Waals surface area contributed by atoms with Crippen molar-refractivity contribution in [3.8, 4) is 5.75 Å². The molecule has 0 unspecified atom stereocenters. The number of carbonyl (C=O) groups is 2. The van der Waals surface area contributed by atoms with Gasteiger partial charge >= 0.3 is 5.97 Å². The van der Waals surface area contributed by atoms with E-state index in [1.807, 2.05) is 0 Å². The zero-order valence-electron chi connectivity index (χ0n) is 13.1. The average molecular weight is 340 g/mol. The number of carbonyl (C=O) groups excluding carboxylic acids is 2. The summed E-state index contributed by atoms with van der Waals surface area (Å²) in [7, 11) is -3.45. The highest BCUT2D eigenvalue weighted by atomic mass is 32.2. The molecule has 1 heterocycles. The summed E-state index contributed by atoms with van der Waals surface area (Å²) in [6.07, 6.45) is 3.08. The molecular weight excluding hydrogens is 320 g/mol. The van der Waals surface area contributed by atoms with Crippen LogP contribution in [0, 0.1) is 0 Å². The molecule has 2 rings (SSSR count). The van der Waals surface area contributed by atoms with Gasteiger partial charge in [0.2, 0.25) is 15.9 Å². The van der Waals surface area contributed by atoms with Gasteiger partial charge in [0.15, 0.2) is 0 Å². The van der Waals surface area contributed by atoms with Gasteiger partial charge in [-0.15, -0.1) is 0 Å². The number of amides is 1. The zero-order chi connectivity index (χ0) is 17.0. The lowest BCUT2D eigenvalue weighted by Crippen LogP contribution is -2.48. The topological polar surface area (TPSA) is 92.8 Å². The molecule has 0 bridgehead atoms. The van der Waals surface area contributed by atoms with Gasteiger partial charge in [0.1, 0.15) is 11.8 Å². The predicted octanol–water partition coefficient (Wildman–Crippen LogP) is 1.36. The molecule has 8 heteroatoms. The van der Waals surface area contributed by atoms with Crippen molar-refractivity contribution in [3.05, 3.63) is 24.3 Å². The molecule has 7 nitrogen and oxygen atoms in total.